The van der Waals surface area contributed by atoms with Crippen LogP contribution in [0.3, 0.4) is 0 Å². The normalized spacial score (nSPS) is 14.6. The molecule has 0 unspecified atom stereocenters. The molecule has 7 nitrogen and oxygen atoms in total. The second-order valence-corrected chi connectivity index (χ2v) is 6.44. The molecule has 1 saturated heterocycles. The van der Waals surface area contributed by atoms with Crippen LogP contribution >= 0.6 is 0 Å². The summed E-state index contributed by atoms with van der Waals surface area (Å²) < 4.78 is 13.1. The molecule has 2 aromatic rings. The van der Waals surface area contributed by atoms with Crippen molar-refractivity contribution in [1.82, 2.24) is 15.5 Å². The Morgan fingerprint density at radius 2 is 1.93 bits per heavy atom. The van der Waals surface area contributed by atoms with E-state index in [2.05, 4.69) is 20.4 Å². The molecule has 8 heteroatoms. The van der Waals surface area contributed by atoms with E-state index in [0.29, 0.717) is 11.6 Å². The summed E-state index contributed by atoms with van der Waals surface area (Å²) in [5.74, 6) is -1.06. The third-order valence-electron chi connectivity index (χ3n) is 4.49. The summed E-state index contributed by atoms with van der Waals surface area (Å²) in [5, 5.41) is 10.3. The van der Waals surface area contributed by atoms with Crippen LogP contribution < -0.4 is 16.0 Å². The van der Waals surface area contributed by atoms with Gasteiger partial charge in [0.15, 0.2) is 0 Å². The van der Waals surface area contributed by atoms with E-state index in [-0.39, 0.29) is 11.4 Å². The van der Waals surface area contributed by atoms with Crippen LogP contribution in [0.15, 0.2) is 36.5 Å². The van der Waals surface area contributed by atoms with Gasteiger partial charge in [0, 0.05) is 32.1 Å². The van der Waals surface area contributed by atoms with E-state index in [9.17, 15) is 14.0 Å². The Morgan fingerprint density at radius 3 is 2.52 bits per heavy atom. The van der Waals surface area contributed by atoms with Gasteiger partial charge in [-0.05, 0) is 30.7 Å². The Hall–Kier alpha value is -3.29. The fourth-order valence-corrected chi connectivity index (χ4v) is 3.02. The van der Waals surface area contributed by atoms with E-state index < -0.39 is 11.8 Å². The molecule has 3 rings (SSSR count). The first-order valence-electron chi connectivity index (χ1n) is 8.48. The lowest BCUT2D eigenvalue weighted by Crippen LogP contribution is -2.45. The van der Waals surface area contributed by atoms with Crippen molar-refractivity contribution in [3.05, 3.63) is 59.3 Å². The molecular weight excluding hydrogens is 349 g/mol. The van der Waals surface area contributed by atoms with Crippen molar-refractivity contribution in [2.75, 3.05) is 18.0 Å². The van der Waals surface area contributed by atoms with Crippen LogP contribution in [0.2, 0.25) is 0 Å². The predicted octanol–water partition coefficient (Wildman–Crippen LogP) is 1.49. The molecule has 2 heterocycles. The van der Waals surface area contributed by atoms with Gasteiger partial charge >= 0.3 is 0 Å². The van der Waals surface area contributed by atoms with Gasteiger partial charge < -0.3 is 10.6 Å². The van der Waals surface area contributed by atoms with Gasteiger partial charge in [-0.15, -0.1) is 5.10 Å². The molecule has 0 radical (unpaired) electrons. The van der Waals surface area contributed by atoms with Crippen LogP contribution in [0.5, 0.6) is 0 Å². The van der Waals surface area contributed by atoms with E-state index in [0.717, 1.165) is 36.2 Å². The number of nitrogens with two attached hydrogens (primary N) is 1. The lowest BCUT2D eigenvalue weighted by atomic mass is 9.90. The minimum atomic E-state index is -0.623. The quantitative estimate of drug-likeness (QED) is 0.792. The van der Waals surface area contributed by atoms with Gasteiger partial charge in [-0.3, -0.25) is 14.9 Å². The SMILES string of the molecule is CC(=O)NC(=O)/C(=C\N)c1cc(N2CC(c3ccc(F)cc3)C2)c(C)nn1. The molecule has 2 amide bonds. The van der Waals surface area contributed by atoms with Gasteiger partial charge in [0.05, 0.1) is 17.0 Å². The number of halogens is 1. The lowest BCUT2D eigenvalue weighted by Gasteiger charge is -2.41. The number of imide groups is 1. The number of hydrogen-bond acceptors (Lipinski definition) is 6. The van der Waals surface area contributed by atoms with E-state index in [4.69, 9.17) is 5.73 Å². The van der Waals surface area contributed by atoms with Crippen molar-refractivity contribution in [1.29, 1.82) is 0 Å². The molecule has 1 aliphatic rings. The number of rotatable bonds is 4. The smallest absolute Gasteiger partial charge is 0.261 e. The van der Waals surface area contributed by atoms with Crippen LogP contribution in [0, 0.1) is 12.7 Å². The van der Waals surface area contributed by atoms with Gasteiger partial charge in [0.2, 0.25) is 5.91 Å². The summed E-state index contributed by atoms with van der Waals surface area (Å²) in [6.07, 6.45) is 1.11. The highest BCUT2D eigenvalue weighted by atomic mass is 19.1. The number of amides is 2. The van der Waals surface area contributed by atoms with Crippen molar-refractivity contribution in [2.45, 2.75) is 19.8 Å². The van der Waals surface area contributed by atoms with Gasteiger partial charge in [0.25, 0.3) is 5.91 Å². The Morgan fingerprint density at radius 1 is 1.26 bits per heavy atom. The Kier molecular flexibility index (Phi) is 5.16. The highest BCUT2D eigenvalue weighted by Crippen LogP contribution is 2.33. The predicted molar refractivity (Wildman–Crippen MR) is 99.1 cm³/mol. The third-order valence-corrected chi connectivity index (χ3v) is 4.49. The molecule has 27 heavy (non-hydrogen) atoms. The fourth-order valence-electron chi connectivity index (χ4n) is 3.02. The Bertz CT molecular complexity index is 905. The summed E-state index contributed by atoms with van der Waals surface area (Å²) in [5.41, 5.74) is 8.57. The van der Waals surface area contributed by atoms with Crippen LogP contribution in [0.1, 0.15) is 29.8 Å². The minimum absolute atomic E-state index is 0.0783. The molecule has 0 spiro atoms. The second-order valence-electron chi connectivity index (χ2n) is 6.44. The Balaban J connectivity index is 1.77. The summed E-state index contributed by atoms with van der Waals surface area (Å²) in [6.45, 7) is 4.57. The monoisotopic (exact) mass is 369 g/mol. The molecule has 1 aliphatic heterocycles. The molecule has 0 aliphatic carbocycles. The van der Waals surface area contributed by atoms with Crippen molar-refractivity contribution < 1.29 is 14.0 Å². The zero-order valence-corrected chi connectivity index (χ0v) is 15.1. The van der Waals surface area contributed by atoms with Crippen LogP contribution in [0.4, 0.5) is 10.1 Å². The summed E-state index contributed by atoms with van der Waals surface area (Å²) in [7, 11) is 0. The molecule has 0 bridgehead atoms. The number of aromatic nitrogens is 2. The third kappa shape index (κ3) is 3.94. The van der Waals surface area contributed by atoms with Gasteiger partial charge in [-0.2, -0.15) is 5.10 Å². The number of aryl methyl sites for hydroxylation is 1. The fraction of sp³-hybridized carbons (Fsp3) is 0.263. The summed E-state index contributed by atoms with van der Waals surface area (Å²) in [4.78, 5) is 25.3. The molecule has 1 fully saturated rings. The van der Waals surface area contributed by atoms with Crippen LogP contribution in [-0.4, -0.2) is 35.1 Å². The van der Waals surface area contributed by atoms with Crippen molar-refractivity contribution in [2.24, 2.45) is 5.73 Å². The van der Waals surface area contributed by atoms with E-state index in [1.807, 2.05) is 6.92 Å². The topological polar surface area (TPSA) is 101 Å². The number of hydrogen-bond donors (Lipinski definition) is 2. The minimum Gasteiger partial charge on any atom is -0.404 e. The molecule has 1 aromatic heterocycles. The van der Waals surface area contributed by atoms with E-state index >= 15 is 0 Å². The first-order chi connectivity index (χ1) is 12.9. The second kappa shape index (κ2) is 7.53. The molecule has 140 valence electrons. The largest absolute Gasteiger partial charge is 0.404 e. The van der Waals surface area contributed by atoms with Gasteiger partial charge in [-0.1, -0.05) is 12.1 Å². The van der Waals surface area contributed by atoms with Gasteiger partial charge in [-0.25, -0.2) is 4.39 Å². The summed E-state index contributed by atoms with van der Waals surface area (Å²) in [6, 6.07) is 8.24. The maximum atomic E-state index is 13.1. The van der Waals surface area contributed by atoms with Crippen molar-refractivity contribution in [3.63, 3.8) is 0 Å². The number of benzene rings is 1. The van der Waals surface area contributed by atoms with Crippen molar-refractivity contribution >= 4 is 23.1 Å². The number of nitrogens with zero attached hydrogens (tertiary/aromatic N) is 3. The van der Waals surface area contributed by atoms with Crippen LogP contribution in [-0.2, 0) is 9.59 Å². The van der Waals surface area contributed by atoms with E-state index in [1.165, 1.54) is 19.1 Å². The zero-order chi connectivity index (χ0) is 19.6. The van der Waals surface area contributed by atoms with Crippen LogP contribution in [0.25, 0.3) is 5.57 Å². The van der Waals surface area contributed by atoms with Crippen molar-refractivity contribution in [3.8, 4) is 0 Å². The maximum absolute atomic E-state index is 13.1. The number of carbonyl (C=O) groups excluding carboxylic acids is 2. The van der Waals surface area contributed by atoms with Gasteiger partial charge in [0.1, 0.15) is 11.5 Å². The average Bonchev–Trinajstić information content (AvgIpc) is 2.57. The van der Waals surface area contributed by atoms with E-state index in [1.54, 1.807) is 18.2 Å². The molecule has 3 N–H and O–H groups in total. The maximum Gasteiger partial charge on any atom is 0.261 e. The highest BCUT2D eigenvalue weighted by molar-refractivity contribution is 6.22. The molecule has 1 aromatic carbocycles. The summed E-state index contributed by atoms with van der Waals surface area (Å²) >= 11 is 0. The average molecular weight is 369 g/mol. The molecular formula is C19H20FN5O2. The lowest BCUT2D eigenvalue weighted by molar-refractivity contribution is -0.126. The highest BCUT2D eigenvalue weighted by Gasteiger charge is 2.30. The number of anilines is 1. The first kappa shape index (κ1) is 18.5. The molecule has 0 saturated carbocycles. The zero-order valence-electron chi connectivity index (χ0n) is 15.1. The Labute approximate surface area is 156 Å². The first-order valence-corrected chi connectivity index (χ1v) is 8.48. The number of carbonyl (C=O) groups is 2. The number of nitrogens with one attached hydrogen (secondary N) is 1. The standard InChI is InChI=1S/C19H20FN5O2/c1-11-18(25-9-14(10-25)13-3-5-15(20)6-4-13)7-17(24-23-11)16(8-21)19(27)22-12(2)26/h3-8,14H,9-10,21H2,1-2H3,(H,22,26,27)/b16-8-. The molecule has 0 atom stereocenters.